The quantitative estimate of drug-likeness (QED) is 0.572. The van der Waals surface area contributed by atoms with Gasteiger partial charge >= 0.3 is 0 Å². The molecule has 2 nitrogen and oxygen atoms in total. The molecule has 2 heteroatoms. The van der Waals surface area contributed by atoms with E-state index in [1.165, 1.54) is 18.7 Å². The highest BCUT2D eigenvalue weighted by atomic mass is 15.0. The van der Waals surface area contributed by atoms with Gasteiger partial charge in [0.1, 0.15) is 0 Å². The highest BCUT2D eigenvalue weighted by Gasteiger charge is 2.17. The molecule has 48 valence electrons. The van der Waals surface area contributed by atoms with Crippen LogP contribution in [0.1, 0.15) is 18.2 Å². The molecule has 2 rings (SSSR count). The second kappa shape index (κ2) is 1.88. The number of hydrogen-bond acceptors (Lipinski definition) is 1. The van der Waals surface area contributed by atoms with E-state index in [1.807, 2.05) is 12.3 Å². The van der Waals surface area contributed by atoms with Gasteiger partial charge in [-0.05, 0) is 25.1 Å². The summed E-state index contributed by atoms with van der Waals surface area (Å²) in [5.41, 5.74) is 1.32. The van der Waals surface area contributed by atoms with Crippen LogP contribution >= 0.6 is 0 Å². The van der Waals surface area contributed by atoms with Gasteiger partial charge < -0.3 is 10.3 Å². The lowest BCUT2D eigenvalue weighted by Crippen LogP contribution is -2.35. The lowest BCUT2D eigenvalue weighted by atomic mass is 10.0. The van der Waals surface area contributed by atoms with Crippen molar-refractivity contribution in [1.29, 1.82) is 0 Å². The molecule has 1 aliphatic rings. The molecular weight excluding hydrogens is 112 g/mol. The lowest BCUT2D eigenvalue weighted by molar-refractivity contribution is 0.376. The fourth-order valence-corrected chi connectivity index (χ4v) is 1.12. The molecule has 2 N–H and O–H groups in total. The number of H-pyrrole nitrogens is 1. The third kappa shape index (κ3) is 0.754. The summed E-state index contributed by atoms with van der Waals surface area (Å²) < 4.78 is 0. The van der Waals surface area contributed by atoms with Crippen LogP contribution in [0.4, 0.5) is 0 Å². The molecule has 0 saturated carbocycles. The van der Waals surface area contributed by atoms with Gasteiger partial charge in [-0.15, -0.1) is 0 Å². The van der Waals surface area contributed by atoms with Crippen LogP contribution in [0.2, 0.25) is 0 Å². The molecule has 1 unspecified atom stereocenters. The Hall–Kier alpha value is -0.760. The van der Waals surface area contributed by atoms with Gasteiger partial charge in [-0.3, -0.25) is 0 Å². The fraction of sp³-hybridized carbons (Fsp3) is 0.429. The Morgan fingerprint density at radius 3 is 2.89 bits per heavy atom. The van der Waals surface area contributed by atoms with E-state index in [4.69, 9.17) is 0 Å². The summed E-state index contributed by atoms with van der Waals surface area (Å²) >= 11 is 0. The first-order valence-corrected chi connectivity index (χ1v) is 3.33. The predicted molar refractivity (Wildman–Crippen MR) is 36.2 cm³/mol. The molecule has 1 aromatic heterocycles. The van der Waals surface area contributed by atoms with Gasteiger partial charge in [-0.25, -0.2) is 0 Å². The molecule has 0 radical (unpaired) electrons. The van der Waals surface area contributed by atoms with Gasteiger partial charge in [0.25, 0.3) is 0 Å². The zero-order valence-electron chi connectivity index (χ0n) is 5.22. The van der Waals surface area contributed by atoms with E-state index in [0.717, 1.165) is 0 Å². The van der Waals surface area contributed by atoms with Gasteiger partial charge in [0.15, 0.2) is 0 Å². The lowest BCUT2D eigenvalue weighted by Gasteiger charge is -2.26. The van der Waals surface area contributed by atoms with Crippen molar-refractivity contribution in [2.24, 2.45) is 0 Å². The van der Waals surface area contributed by atoms with Crippen LogP contribution < -0.4 is 5.32 Å². The summed E-state index contributed by atoms with van der Waals surface area (Å²) in [5, 5.41) is 3.32. The van der Waals surface area contributed by atoms with Crippen molar-refractivity contribution >= 4 is 0 Å². The molecule has 1 atom stereocenters. The molecule has 0 aliphatic carbocycles. The first kappa shape index (κ1) is 5.06. The van der Waals surface area contributed by atoms with Gasteiger partial charge in [0, 0.05) is 17.9 Å². The van der Waals surface area contributed by atoms with Crippen LogP contribution in [0.3, 0.4) is 0 Å². The number of hydrogen-bond donors (Lipinski definition) is 2. The van der Waals surface area contributed by atoms with Crippen molar-refractivity contribution in [3.63, 3.8) is 0 Å². The first-order valence-electron chi connectivity index (χ1n) is 3.33. The molecular formula is C7H10N2. The van der Waals surface area contributed by atoms with Crippen LogP contribution in [0.15, 0.2) is 18.3 Å². The zero-order valence-corrected chi connectivity index (χ0v) is 5.22. The monoisotopic (exact) mass is 122 g/mol. The molecule has 0 bridgehead atoms. The van der Waals surface area contributed by atoms with Crippen molar-refractivity contribution in [3.8, 4) is 0 Å². The maximum Gasteiger partial charge on any atom is 0.0484 e. The van der Waals surface area contributed by atoms with Crippen LogP contribution in [-0.4, -0.2) is 11.5 Å². The Kier molecular flexibility index (Phi) is 1.06. The van der Waals surface area contributed by atoms with Gasteiger partial charge in [-0.1, -0.05) is 0 Å². The van der Waals surface area contributed by atoms with E-state index in [1.54, 1.807) is 0 Å². The minimum atomic E-state index is 0.611. The molecule has 1 saturated heterocycles. The van der Waals surface area contributed by atoms with Crippen LogP contribution in [0.5, 0.6) is 0 Å². The summed E-state index contributed by atoms with van der Waals surface area (Å²) in [6.45, 7) is 1.17. The highest BCUT2D eigenvalue weighted by Crippen LogP contribution is 2.19. The standard InChI is InChI=1S/C7H10N2/c1-2-6(8-4-1)7-3-5-9-7/h1-2,4,7-9H,3,5H2. The summed E-state index contributed by atoms with van der Waals surface area (Å²) in [7, 11) is 0. The molecule has 0 aromatic carbocycles. The van der Waals surface area contributed by atoms with E-state index in [-0.39, 0.29) is 0 Å². The minimum absolute atomic E-state index is 0.611. The zero-order chi connectivity index (χ0) is 6.10. The third-order valence-corrected chi connectivity index (χ3v) is 1.82. The maximum atomic E-state index is 3.32. The van der Waals surface area contributed by atoms with Gasteiger partial charge in [0.05, 0.1) is 0 Å². The Labute approximate surface area is 54.3 Å². The Balaban J connectivity index is 2.14. The molecule has 0 amide bonds. The molecule has 2 heterocycles. The van der Waals surface area contributed by atoms with Crippen LogP contribution in [-0.2, 0) is 0 Å². The van der Waals surface area contributed by atoms with Crippen molar-refractivity contribution in [1.82, 2.24) is 10.3 Å². The van der Waals surface area contributed by atoms with E-state index < -0.39 is 0 Å². The first-order chi connectivity index (χ1) is 4.47. The molecule has 1 fully saturated rings. The number of aromatic amines is 1. The Morgan fingerprint density at radius 1 is 1.56 bits per heavy atom. The average Bonchev–Trinajstić information content (AvgIpc) is 2.11. The highest BCUT2D eigenvalue weighted by molar-refractivity contribution is 5.11. The van der Waals surface area contributed by atoms with E-state index in [9.17, 15) is 0 Å². The van der Waals surface area contributed by atoms with E-state index in [2.05, 4.69) is 16.4 Å². The van der Waals surface area contributed by atoms with E-state index >= 15 is 0 Å². The van der Waals surface area contributed by atoms with Gasteiger partial charge in [-0.2, -0.15) is 0 Å². The predicted octanol–water partition coefficient (Wildman–Crippen LogP) is 1.05. The number of aromatic nitrogens is 1. The number of rotatable bonds is 1. The van der Waals surface area contributed by atoms with E-state index in [0.29, 0.717) is 6.04 Å². The van der Waals surface area contributed by atoms with Crippen molar-refractivity contribution in [3.05, 3.63) is 24.0 Å². The van der Waals surface area contributed by atoms with Crippen LogP contribution in [0.25, 0.3) is 0 Å². The molecule has 1 aliphatic heterocycles. The van der Waals surface area contributed by atoms with Gasteiger partial charge in [0.2, 0.25) is 0 Å². The maximum absolute atomic E-state index is 3.32. The number of nitrogens with one attached hydrogen (secondary N) is 2. The smallest absolute Gasteiger partial charge is 0.0484 e. The summed E-state index contributed by atoms with van der Waals surface area (Å²) in [6, 6.07) is 4.77. The topological polar surface area (TPSA) is 27.8 Å². The normalized spacial score (nSPS) is 25.6. The Bertz CT molecular complexity index is 175. The molecule has 0 spiro atoms. The third-order valence-electron chi connectivity index (χ3n) is 1.82. The molecule has 1 aromatic rings. The van der Waals surface area contributed by atoms with Crippen molar-refractivity contribution < 1.29 is 0 Å². The largest absolute Gasteiger partial charge is 0.364 e. The average molecular weight is 122 g/mol. The Morgan fingerprint density at radius 2 is 2.44 bits per heavy atom. The minimum Gasteiger partial charge on any atom is -0.364 e. The summed E-state index contributed by atoms with van der Waals surface area (Å²) in [5.74, 6) is 0. The SMILES string of the molecule is c1c[nH]c(C2CCN2)c1. The fourth-order valence-electron chi connectivity index (χ4n) is 1.12. The summed E-state index contributed by atoms with van der Waals surface area (Å²) in [6.07, 6.45) is 3.25. The second-order valence-electron chi connectivity index (χ2n) is 2.42. The second-order valence-corrected chi connectivity index (χ2v) is 2.42. The molecule has 9 heavy (non-hydrogen) atoms. The van der Waals surface area contributed by atoms with Crippen LogP contribution in [0, 0.1) is 0 Å². The van der Waals surface area contributed by atoms with Crippen molar-refractivity contribution in [2.75, 3.05) is 6.54 Å². The van der Waals surface area contributed by atoms with Crippen molar-refractivity contribution in [2.45, 2.75) is 12.5 Å². The summed E-state index contributed by atoms with van der Waals surface area (Å²) in [4.78, 5) is 3.18.